The van der Waals surface area contributed by atoms with Crippen molar-refractivity contribution < 1.29 is 17.6 Å². The van der Waals surface area contributed by atoms with Gasteiger partial charge in [-0.05, 0) is 12.1 Å². The maximum absolute atomic E-state index is 13.9. The van der Waals surface area contributed by atoms with E-state index >= 15 is 0 Å². The van der Waals surface area contributed by atoms with Gasteiger partial charge in [0.05, 0.1) is 11.3 Å². The largest absolute Gasteiger partial charge is 0.417 e. The Balaban J connectivity index is 2.18. The summed E-state index contributed by atoms with van der Waals surface area (Å²) < 4.78 is 52.4. The smallest absolute Gasteiger partial charge is 0.251 e. The third kappa shape index (κ3) is 1.96. The zero-order valence-electron chi connectivity index (χ0n) is 9.63. The van der Waals surface area contributed by atoms with Gasteiger partial charge in [0.2, 0.25) is 0 Å². The number of fused-ring (bicyclic) bond motifs is 1. The number of pyridine rings is 1. The highest BCUT2D eigenvalue weighted by Crippen LogP contribution is 2.31. The van der Waals surface area contributed by atoms with Gasteiger partial charge in [0.1, 0.15) is 12.0 Å². The molecule has 0 bridgehead atoms. The molecule has 3 aromatic heterocycles. The van der Waals surface area contributed by atoms with Crippen molar-refractivity contribution in [3.63, 3.8) is 0 Å². The van der Waals surface area contributed by atoms with Crippen molar-refractivity contribution >= 4 is 5.78 Å². The molecule has 0 atom stereocenters. The molecule has 0 amide bonds. The van der Waals surface area contributed by atoms with Crippen LogP contribution in [0.3, 0.4) is 0 Å². The summed E-state index contributed by atoms with van der Waals surface area (Å²) in [5.74, 6) is -0.897. The standard InChI is InChI=1S/C11H5F4N5/c12-7-3-6(11(13,14)15)4-17-9(7)8-1-2-16-10-18-5-19-20(8)10/h1-5H. The second-order valence-corrected chi connectivity index (χ2v) is 3.85. The summed E-state index contributed by atoms with van der Waals surface area (Å²) in [5, 5.41) is 3.82. The van der Waals surface area contributed by atoms with Gasteiger partial charge in [-0.25, -0.2) is 9.37 Å². The van der Waals surface area contributed by atoms with Gasteiger partial charge in [0.15, 0.2) is 5.82 Å². The second-order valence-electron chi connectivity index (χ2n) is 3.85. The van der Waals surface area contributed by atoms with Gasteiger partial charge in [0.25, 0.3) is 5.78 Å². The normalized spacial score (nSPS) is 12.0. The van der Waals surface area contributed by atoms with Gasteiger partial charge < -0.3 is 0 Å². The van der Waals surface area contributed by atoms with Crippen molar-refractivity contribution in [1.82, 2.24) is 24.6 Å². The SMILES string of the molecule is Fc1cc(C(F)(F)F)cnc1-c1ccnc2ncnn12. The van der Waals surface area contributed by atoms with E-state index in [0.717, 1.165) is 0 Å². The molecule has 0 aliphatic heterocycles. The molecule has 3 rings (SSSR count). The van der Waals surface area contributed by atoms with Gasteiger partial charge in [-0.1, -0.05) is 0 Å². The van der Waals surface area contributed by atoms with Crippen LogP contribution in [-0.4, -0.2) is 24.6 Å². The Bertz CT molecular complexity index is 780. The molecule has 0 aliphatic carbocycles. The maximum Gasteiger partial charge on any atom is 0.417 e. The van der Waals surface area contributed by atoms with Crippen LogP contribution in [0.25, 0.3) is 17.2 Å². The van der Waals surface area contributed by atoms with E-state index in [-0.39, 0.29) is 17.2 Å². The van der Waals surface area contributed by atoms with Gasteiger partial charge >= 0.3 is 6.18 Å². The number of nitrogens with zero attached hydrogens (tertiary/aromatic N) is 5. The highest BCUT2D eigenvalue weighted by atomic mass is 19.4. The highest BCUT2D eigenvalue weighted by Gasteiger charge is 2.32. The summed E-state index contributed by atoms with van der Waals surface area (Å²) in [4.78, 5) is 11.2. The van der Waals surface area contributed by atoms with Crippen LogP contribution in [0.2, 0.25) is 0 Å². The topological polar surface area (TPSA) is 56.0 Å². The molecule has 9 heteroatoms. The Hall–Kier alpha value is -2.58. The monoisotopic (exact) mass is 283 g/mol. The number of hydrogen-bond donors (Lipinski definition) is 0. The molecule has 0 radical (unpaired) electrons. The molecule has 20 heavy (non-hydrogen) atoms. The lowest BCUT2D eigenvalue weighted by Crippen LogP contribution is -2.08. The van der Waals surface area contributed by atoms with Crippen molar-refractivity contribution in [3.05, 3.63) is 42.2 Å². The molecule has 5 nitrogen and oxygen atoms in total. The van der Waals surface area contributed by atoms with E-state index in [9.17, 15) is 17.6 Å². The number of aromatic nitrogens is 5. The van der Waals surface area contributed by atoms with E-state index in [1.54, 1.807) is 0 Å². The van der Waals surface area contributed by atoms with Crippen molar-refractivity contribution in [1.29, 1.82) is 0 Å². The fraction of sp³-hybridized carbons (Fsp3) is 0.0909. The van der Waals surface area contributed by atoms with E-state index in [0.29, 0.717) is 12.3 Å². The van der Waals surface area contributed by atoms with Crippen LogP contribution >= 0.6 is 0 Å². The van der Waals surface area contributed by atoms with Gasteiger partial charge in [-0.2, -0.15) is 27.8 Å². The molecular weight excluding hydrogens is 278 g/mol. The lowest BCUT2D eigenvalue weighted by molar-refractivity contribution is -0.138. The van der Waals surface area contributed by atoms with Gasteiger partial charge in [-0.3, -0.25) is 4.98 Å². The zero-order chi connectivity index (χ0) is 14.3. The Labute approximate surface area is 108 Å². The molecule has 0 fully saturated rings. The second kappa shape index (κ2) is 4.22. The molecule has 0 saturated carbocycles. The summed E-state index contributed by atoms with van der Waals surface area (Å²) in [6, 6.07) is 1.78. The third-order valence-electron chi connectivity index (χ3n) is 2.59. The minimum atomic E-state index is -4.65. The van der Waals surface area contributed by atoms with Gasteiger partial charge in [-0.15, -0.1) is 0 Å². The molecule has 0 spiro atoms. The fourth-order valence-corrected chi connectivity index (χ4v) is 1.70. The van der Waals surface area contributed by atoms with Crippen molar-refractivity contribution in [3.8, 4) is 11.4 Å². The first-order valence-corrected chi connectivity index (χ1v) is 5.34. The Morgan fingerprint density at radius 1 is 1.10 bits per heavy atom. The first-order valence-electron chi connectivity index (χ1n) is 5.34. The molecule has 0 aromatic carbocycles. The highest BCUT2D eigenvalue weighted by molar-refractivity contribution is 5.57. The molecule has 0 saturated heterocycles. The first-order chi connectivity index (χ1) is 9.47. The van der Waals surface area contributed by atoms with Crippen LogP contribution in [0.15, 0.2) is 30.9 Å². The average molecular weight is 283 g/mol. The van der Waals surface area contributed by atoms with Gasteiger partial charge in [0, 0.05) is 12.4 Å². The maximum atomic E-state index is 13.9. The number of halogens is 4. The third-order valence-corrected chi connectivity index (χ3v) is 2.59. The predicted molar refractivity (Wildman–Crippen MR) is 59.0 cm³/mol. The zero-order valence-corrected chi connectivity index (χ0v) is 9.63. The van der Waals surface area contributed by atoms with E-state index in [1.165, 1.54) is 23.1 Å². The van der Waals surface area contributed by atoms with Crippen LogP contribution < -0.4 is 0 Å². The fourth-order valence-electron chi connectivity index (χ4n) is 1.70. The summed E-state index contributed by atoms with van der Waals surface area (Å²) in [7, 11) is 0. The molecule has 0 aliphatic rings. The molecule has 102 valence electrons. The van der Waals surface area contributed by atoms with Crippen molar-refractivity contribution in [2.45, 2.75) is 6.18 Å². The summed E-state index contributed by atoms with van der Waals surface area (Å²) >= 11 is 0. The molecular formula is C11H5F4N5. The van der Waals surface area contributed by atoms with Crippen LogP contribution in [0, 0.1) is 5.82 Å². The molecule has 0 N–H and O–H groups in total. The Kier molecular flexibility index (Phi) is 2.63. The average Bonchev–Trinajstić information content (AvgIpc) is 2.85. The first kappa shape index (κ1) is 12.5. The molecule has 0 unspecified atom stereocenters. The number of alkyl halides is 3. The summed E-state index contributed by atoms with van der Waals surface area (Å²) in [6.07, 6.45) is -1.53. The Morgan fingerprint density at radius 2 is 1.90 bits per heavy atom. The lowest BCUT2D eigenvalue weighted by atomic mass is 10.2. The molecule has 3 heterocycles. The van der Waals surface area contributed by atoms with E-state index in [2.05, 4.69) is 20.1 Å². The Morgan fingerprint density at radius 3 is 2.60 bits per heavy atom. The predicted octanol–water partition coefficient (Wildman–Crippen LogP) is 2.34. The number of rotatable bonds is 1. The quantitative estimate of drug-likeness (QED) is 0.643. The van der Waals surface area contributed by atoms with E-state index < -0.39 is 17.6 Å². The van der Waals surface area contributed by atoms with Crippen LogP contribution in [0.1, 0.15) is 5.56 Å². The van der Waals surface area contributed by atoms with E-state index in [4.69, 9.17) is 0 Å². The van der Waals surface area contributed by atoms with Crippen LogP contribution in [-0.2, 0) is 6.18 Å². The minimum absolute atomic E-state index is 0.165. The lowest BCUT2D eigenvalue weighted by Gasteiger charge is -2.08. The van der Waals surface area contributed by atoms with Crippen molar-refractivity contribution in [2.24, 2.45) is 0 Å². The van der Waals surface area contributed by atoms with Crippen molar-refractivity contribution in [2.75, 3.05) is 0 Å². The van der Waals surface area contributed by atoms with Crippen LogP contribution in [0.5, 0.6) is 0 Å². The van der Waals surface area contributed by atoms with E-state index in [1.807, 2.05) is 0 Å². The molecule has 3 aromatic rings. The summed E-state index contributed by atoms with van der Waals surface area (Å²) in [6.45, 7) is 0. The summed E-state index contributed by atoms with van der Waals surface area (Å²) in [5.41, 5.74) is -1.24. The number of hydrogen-bond acceptors (Lipinski definition) is 4. The van der Waals surface area contributed by atoms with Crippen LogP contribution in [0.4, 0.5) is 17.6 Å². The minimum Gasteiger partial charge on any atom is -0.251 e.